The number of alkyl halides is 1. The molecule has 20 heavy (non-hydrogen) atoms. The van der Waals surface area contributed by atoms with Crippen LogP contribution in [0.1, 0.15) is 18.7 Å². The Morgan fingerprint density at radius 3 is 2.90 bits per heavy atom. The minimum atomic E-state index is -0.350. The molecule has 0 aliphatic heterocycles. The van der Waals surface area contributed by atoms with Gasteiger partial charge in [-0.05, 0) is 28.4 Å². The highest BCUT2D eigenvalue weighted by atomic mass is 79.9. The zero-order valence-corrected chi connectivity index (χ0v) is 13.0. The molecule has 2 N–H and O–H groups in total. The Kier molecular flexibility index (Phi) is 4.99. The average molecular weight is 363 g/mol. The van der Waals surface area contributed by atoms with E-state index < -0.39 is 0 Å². The van der Waals surface area contributed by atoms with E-state index in [-0.39, 0.29) is 11.7 Å². The molecule has 1 heterocycles. The van der Waals surface area contributed by atoms with Gasteiger partial charge in [0.15, 0.2) is 0 Å². The summed E-state index contributed by atoms with van der Waals surface area (Å²) in [4.78, 5) is 15.2. The fraction of sp³-hybridized carbons (Fsp3) is 0.385. The molecular formula is C13H14BrClFN3O. The summed E-state index contributed by atoms with van der Waals surface area (Å²) in [5.74, 6) is 0.539. The second-order valence-corrected chi connectivity index (χ2v) is 5.68. The van der Waals surface area contributed by atoms with Crippen molar-refractivity contribution in [1.29, 1.82) is 0 Å². The molecule has 0 saturated carbocycles. The average Bonchev–Trinajstić information content (AvgIpc) is 2.68. The van der Waals surface area contributed by atoms with Crippen LogP contribution in [0.3, 0.4) is 0 Å². The molecule has 1 aromatic heterocycles. The third-order valence-corrected chi connectivity index (χ3v) is 3.79. The summed E-state index contributed by atoms with van der Waals surface area (Å²) in [6, 6.07) is 3.08. The van der Waals surface area contributed by atoms with Gasteiger partial charge >= 0.3 is 0 Å². The summed E-state index contributed by atoms with van der Waals surface area (Å²) in [6.07, 6.45) is 1.51. The topological polar surface area (TPSA) is 60.9 Å². The summed E-state index contributed by atoms with van der Waals surface area (Å²) in [5, 5.41) is 0. The van der Waals surface area contributed by atoms with Gasteiger partial charge in [0, 0.05) is 31.3 Å². The summed E-state index contributed by atoms with van der Waals surface area (Å²) in [5.41, 5.74) is 6.55. The van der Waals surface area contributed by atoms with Gasteiger partial charge in [-0.2, -0.15) is 0 Å². The van der Waals surface area contributed by atoms with Crippen LogP contribution in [0, 0.1) is 5.82 Å². The van der Waals surface area contributed by atoms with Crippen molar-refractivity contribution < 1.29 is 9.18 Å². The number of carbonyl (C=O) groups excluding carboxylic acids is 1. The molecule has 0 aliphatic carbocycles. The van der Waals surface area contributed by atoms with Gasteiger partial charge in [0.1, 0.15) is 11.6 Å². The molecule has 0 fully saturated rings. The van der Waals surface area contributed by atoms with Crippen molar-refractivity contribution in [2.75, 3.05) is 5.88 Å². The first-order valence-corrected chi connectivity index (χ1v) is 7.54. The number of hydrogen-bond donors (Lipinski definition) is 1. The molecule has 7 heteroatoms. The van der Waals surface area contributed by atoms with Gasteiger partial charge < -0.3 is 10.3 Å². The SMILES string of the molecule is NC(=O)CCCn1c(CCCl)nc2cc(F)c(Br)cc21. The van der Waals surface area contributed by atoms with Crippen molar-refractivity contribution in [2.45, 2.75) is 25.8 Å². The summed E-state index contributed by atoms with van der Waals surface area (Å²) >= 11 is 8.95. The van der Waals surface area contributed by atoms with Crippen LogP contribution in [0.2, 0.25) is 0 Å². The summed E-state index contributed by atoms with van der Waals surface area (Å²) in [7, 11) is 0. The van der Waals surface area contributed by atoms with Crippen molar-refractivity contribution in [3.05, 3.63) is 28.2 Å². The monoisotopic (exact) mass is 361 g/mol. The Hall–Kier alpha value is -1.14. The van der Waals surface area contributed by atoms with E-state index in [1.54, 1.807) is 6.07 Å². The van der Waals surface area contributed by atoms with Crippen LogP contribution in [0.4, 0.5) is 4.39 Å². The highest BCUT2D eigenvalue weighted by Gasteiger charge is 2.13. The predicted molar refractivity (Wildman–Crippen MR) is 80.2 cm³/mol. The first-order valence-electron chi connectivity index (χ1n) is 6.21. The molecule has 1 amide bonds. The lowest BCUT2D eigenvalue weighted by molar-refractivity contribution is -0.118. The number of halogens is 3. The minimum absolute atomic E-state index is 0.308. The number of aryl methyl sites for hydroxylation is 2. The standard InChI is InChI=1S/C13H14BrClFN3O/c14-8-6-11-10(7-9(8)16)18-13(3-4-15)19(11)5-1-2-12(17)20/h6-7H,1-5H2,(H2,17,20). The van der Waals surface area contributed by atoms with Gasteiger partial charge in [-0.25, -0.2) is 9.37 Å². The van der Waals surface area contributed by atoms with E-state index in [2.05, 4.69) is 20.9 Å². The van der Waals surface area contributed by atoms with Crippen LogP contribution in [-0.4, -0.2) is 21.3 Å². The molecule has 0 spiro atoms. The summed E-state index contributed by atoms with van der Waals surface area (Å²) in [6.45, 7) is 0.601. The number of rotatable bonds is 6. The molecule has 1 aromatic carbocycles. The van der Waals surface area contributed by atoms with Crippen LogP contribution in [0.25, 0.3) is 11.0 Å². The molecule has 0 aliphatic rings. The highest BCUT2D eigenvalue weighted by Crippen LogP contribution is 2.25. The van der Waals surface area contributed by atoms with Gasteiger partial charge in [-0.1, -0.05) is 0 Å². The van der Waals surface area contributed by atoms with E-state index >= 15 is 0 Å². The van der Waals surface area contributed by atoms with Gasteiger partial charge in [0.25, 0.3) is 0 Å². The van der Waals surface area contributed by atoms with E-state index in [0.717, 1.165) is 11.3 Å². The van der Waals surface area contributed by atoms with Gasteiger partial charge in [-0.3, -0.25) is 4.79 Å². The maximum atomic E-state index is 13.5. The Morgan fingerprint density at radius 1 is 1.50 bits per heavy atom. The number of fused-ring (bicyclic) bond motifs is 1. The Labute approximate surface area is 129 Å². The smallest absolute Gasteiger partial charge is 0.217 e. The predicted octanol–water partition coefficient (Wildman–Crippen LogP) is 2.98. The van der Waals surface area contributed by atoms with Crippen LogP contribution in [-0.2, 0) is 17.8 Å². The Bertz CT molecular complexity index is 644. The molecule has 0 saturated heterocycles. The lowest BCUT2D eigenvalue weighted by atomic mass is 10.2. The van der Waals surface area contributed by atoms with E-state index in [0.29, 0.717) is 41.7 Å². The Balaban J connectivity index is 2.39. The van der Waals surface area contributed by atoms with Gasteiger partial charge in [0.05, 0.1) is 15.5 Å². The highest BCUT2D eigenvalue weighted by molar-refractivity contribution is 9.10. The third-order valence-electron chi connectivity index (χ3n) is 2.99. The van der Waals surface area contributed by atoms with Gasteiger partial charge in [-0.15, -0.1) is 11.6 Å². The van der Waals surface area contributed by atoms with Crippen molar-refractivity contribution >= 4 is 44.5 Å². The largest absolute Gasteiger partial charge is 0.370 e. The molecule has 0 atom stereocenters. The first kappa shape index (κ1) is 15.3. The van der Waals surface area contributed by atoms with Crippen molar-refractivity contribution in [2.24, 2.45) is 5.73 Å². The number of primary amides is 1. The van der Waals surface area contributed by atoms with E-state index in [9.17, 15) is 9.18 Å². The molecule has 0 radical (unpaired) electrons. The number of carbonyl (C=O) groups is 1. The molecular weight excluding hydrogens is 349 g/mol. The van der Waals surface area contributed by atoms with E-state index in [4.69, 9.17) is 17.3 Å². The van der Waals surface area contributed by atoms with Crippen LogP contribution in [0.5, 0.6) is 0 Å². The van der Waals surface area contributed by atoms with Crippen molar-refractivity contribution in [1.82, 2.24) is 9.55 Å². The van der Waals surface area contributed by atoms with Crippen molar-refractivity contribution in [3.63, 3.8) is 0 Å². The molecule has 2 rings (SSSR count). The quantitative estimate of drug-likeness (QED) is 0.803. The maximum Gasteiger partial charge on any atom is 0.217 e. The fourth-order valence-electron chi connectivity index (χ4n) is 2.11. The van der Waals surface area contributed by atoms with Crippen LogP contribution < -0.4 is 5.73 Å². The van der Waals surface area contributed by atoms with Crippen molar-refractivity contribution in [3.8, 4) is 0 Å². The van der Waals surface area contributed by atoms with Crippen LogP contribution in [0.15, 0.2) is 16.6 Å². The third kappa shape index (κ3) is 3.30. The molecule has 108 valence electrons. The zero-order chi connectivity index (χ0) is 14.7. The number of hydrogen-bond acceptors (Lipinski definition) is 2. The second kappa shape index (κ2) is 6.54. The fourth-order valence-corrected chi connectivity index (χ4v) is 2.61. The van der Waals surface area contributed by atoms with Crippen LogP contribution >= 0.6 is 27.5 Å². The normalized spacial score (nSPS) is 11.2. The lowest BCUT2D eigenvalue weighted by Crippen LogP contribution is -2.12. The zero-order valence-electron chi connectivity index (χ0n) is 10.7. The lowest BCUT2D eigenvalue weighted by Gasteiger charge is -2.08. The molecule has 0 bridgehead atoms. The van der Waals surface area contributed by atoms with E-state index in [1.807, 2.05) is 4.57 Å². The number of amides is 1. The minimum Gasteiger partial charge on any atom is -0.370 e. The maximum absolute atomic E-state index is 13.5. The molecule has 0 unspecified atom stereocenters. The molecule has 2 aromatic rings. The Morgan fingerprint density at radius 2 is 2.25 bits per heavy atom. The van der Waals surface area contributed by atoms with Gasteiger partial charge in [0.2, 0.25) is 5.91 Å². The number of imidazole rings is 1. The van der Waals surface area contributed by atoms with E-state index in [1.165, 1.54) is 6.07 Å². The molecule has 4 nitrogen and oxygen atoms in total. The summed E-state index contributed by atoms with van der Waals surface area (Å²) < 4.78 is 15.9. The second-order valence-electron chi connectivity index (χ2n) is 4.44. The number of aromatic nitrogens is 2. The number of benzene rings is 1. The number of nitrogens with zero attached hydrogens (tertiary/aromatic N) is 2. The number of nitrogens with two attached hydrogens (primary N) is 1. The first-order chi connectivity index (χ1) is 9.52.